The second kappa shape index (κ2) is 9.66. The zero-order valence-electron chi connectivity index (χ0n) is 19.9. The number of amides is 1. The van der Waals surface area contributed by atoms with Gasteiger partial charge in [0.05, 0.1) is 5.39 Å². The van der Waals surface area contributed by atoms with Crippen molar-refractivity contribution in [1.82, 2.24) is 20.3 Å². The van der Waals surface area contributed by atoms with Gasteiger partial charge in [0.15, 0.2) is 0 Å². The first-order valence-corrected chi connectivity index (χ1v) is 12.0. The molecule has 0 atom stereocenters. The standard InChI is InChI=1S/C27H29N5O3/c1-3-16-14-18(25(34)28-2)10-13-22(16)30-27-31-24-23(26(32-27)35-20-6-4-5-7-20)21(15-29-24)17-8-11-19(33)12-9-17/h8-15,20,33H,3-7H2,1-2H3,(H,28,34)(H2,29,30,31,32). The van der Waals surface area contributed by atoms with Crippen LogP contribution in [0.4, 0.5) is 11.6 Å². The number of rotatable bonds is 7. The number of aromatic amines is 1. The van der Waals surface area contributed by atoms with Gasteiger partial charge in [-0.15, -0.1) is 0 Å². The Morgan fingerprint density at radius 3 is 2.63 bits per heavy atom. The summed E-state index contributed by atoms with van der Waals surface area (Å²) in [5.41, 5.74) is 4.97. The van der Waals surface area contributed by atoms with Crippen molar-refractivity contribution in [1.29, 1.82) is 0 Å². The number of anilines is 2. The molecular formula is C27H29N5O3. The summed E-state index contributed by atoms with van der Waals surface area (Å²) < 4.78 is 6.42. The van der Waals surface area contributed by atoms with E-state index in [1.807, 2.05) is 37.4 Å². The molecule has 0 spiro atoms. The lowest BCUT2D eigenvalue weighted by molar-refractivity contribution is 0.0963. The van der Waals surface area contributed by atoms with Gasteiger partial charge in [-0.25, -0.2) is 0 Å². The number of hydrogen-bond acceptors (Lipinski definition) is 6. The Bertz CT molecular complexity index is 1360. The van der Waals surface area contributed by atoms with Crippen molar-refractivity contribution in [2.75, 3.05) is 12.4 Å². The summed E-state index contributed by atoms with van der Waals surface area (Å²) in [5.74, 6) is 1.05. The molecule has 180 valence electrons. The zero-order chi connectivity index (χ0) is 24.4. The fraction of sp³-hybridized carbons (Fsp3) is 0.296. The lowest BCUT2D eigenvalue weighted by atomic mass is 10.1. The van der Waals surface area contributed by atoms with Crippen LogP contribution in [-0.4, -0.2) is 39.1 Å². The number of hydrogen-bond donors (Lipinski definition) is 4. The zero-order valence-corrected chi connectivity index (χ0v) is 19.9. The van der Waals surface area contributed by atoms with E-state index in [-0.39, 0.29) is 17.8 Å². The van der Waals surface area contributed by atoms with Crippen LogP contribution in [0.3, 0.4) is 0 Å². The van der Waals surface area contributed by atoms with Crippen LogP contribution in [0.25, 0.3) is 22.2 Å². The predicted molar refractivity (Wildman–Crippen MR) is 136 cm³/mol. The van der Waals surface area contributed by atoms with Crippen molar-refractivity contribution >= 4 is 28.6 Å². The van der Waals surface area contributed by atoms with E-state index >= 15 is 0 Å². The number of carbonyl (C=O) groups excluding carboxylic acids is 1. The Kier molecular flexibility index (Phi) is 6.27. The number of nitrogens with zero attached hydrogens (tertiary/aromatic N) is 2. The minimum Gasteiger partial charge on any atom is -0.508 e. The number of benzene rings is 2. The van der Waals surface area contributed by atoms with Gasteiger partial charge in [-0.3, -0.25) is 4.79 Å². The highest BCUT2D eigenvalue weighted by atomic mass is 16.5. The second-order valence-electron chi connectivity index (χ2n) is 8.78. The monoisotopic (exact) mass is 471 g/mol. The quantitative estimate of drug-likeness (QED) is 0.290. The largest absolute Gasteiger partial charge is 0.508 e. The molecule has 2 aromatic heterocycles. The van der Waals surface area contributed by atoms with Gasteiger partial charge in [0.25, 0.3) is 5.91 Å². The lowest BCUT2D eigenvalue weighted by Gasteiger charge is -2.16. The summed E-state index contributed by atoms with van der Waals surface area (Å²) in [6.07, 6.45) is 7.09. The molecule has 0 aliphatic heterocycles. The first kappa shape index (κ1) is 22.7. The van der Waals surface area contributed by atoms with E-state index in [0.29, 0.717) is 23.0 Å². The maximum absolute atomic E-state index is 12.1. The lowest BCUT2D eigenvalue weighted by Crippen LogP contribution is -2.18. The first-order chi connectivity index (χ1) is 17.1. The number of phenolic OH excluding ortho intramolecular Hbond substituents is 1. The number of ether oxygens (including phenoxy) is 1. The molecule has 4 N–H and O–H groups in total. The van der Waals surface area contributed by atoms with Crippen LogP contribution in [0.15, 0.2) is 48.7 Å². The third-order valence-electron chi connectivity index (χ3n) is 6.48. The number of aromatic hydroxyl groups is 1. The molecule has 0 bridgehead atoms. The summed E-state index contributed by atoms with van der Waals surface area (Å²) in [4.78, 5) is 24.8. The summed E-state index contributed by atoms with van der Waals surface area (Å²) in [6.45, 7) is 2.04. The van der Waals surface area contributed by atoms with Gasteiger partial charge in [-0.2, -0.15) is 9.97 Å². The average molecular weight is 472 g/mol. The van der Waals surface area contributed by atoms with Crippen molar-refractivity contribution in [2.24, 2.45) is 0 Å². The van der Waals surface area contributed by atoms with Gasteiger partial charge in [-0.1, -0.05) is 19.1 Å². The number of nitrogens with one attached hydrogen (secondary N) is 3. The van der Waals surface area contributed by atoms with Gasteiger partial charge >= 0.3 is 0 Å². The number of carbonyl (C=O) groups is 1. The highest BCUT2D eigenvalue weighted by Crippen LogP contribution is 2.37. The molecule has 35 heavy (non-hydrogen) atoms. The molecule has 0 radical (unpaired) electrons. The van der Waals surface area contributed by atoms with Crippen molar-refractivity contribution in [3.63, 3.8) is 0 Å². The minimum atomic E-state index is -0.121. The highest BCUT2D eigenvalue weighted by molar-refractivity contribution is 5.98. The molecule has 1 aliphatic carbocycles. The summed E-state index contributed by atoms with van der Waals surface area (Å²) >= 11 is 0. The number of phenols is 1. The highest BCUT2D eigenvalue weighted by Gasteiger charge is 2.22. The number of aromatic nitrogens is 3. The van der Waals surface area contributed by atoms with E-state index in [4.69, 9.17) is 14.7 Å². The molecule has 4 aromatic rings. The molecule has 2 heterocycles. The molecule has 8 heteroatoms. The van der Waals surface area contributed by atoms with Crippen LogP contribution in [-0.2, 0) is 6.42 Å². The molecule has 0 unspecified atom stereocenters. The molecule has 8 nitrogen and oxygen atoms in total. The molecular weight excluding hydrogens is 442 g/mol. The Hall–Kier alpha value is -4.07. The van der Waals surface area contributed by atoms with Crippen LogP contribution in [0, 0.1) is 0 Å². The van der Waals surface area contributed by atoms with Crippen LogP contribution in [0.1, 0.15) is 48.5 Å². The predicted octanol–water partition coefficient (Wildman–Crippen LogP) is 5.32. The van der Waals surface area contributed by atoms with Gasteiger partial charge in [0.1, 0.15) is 17.5 Å². The van der Waals surface area contributed by atoms with Crippen LogP contribution in [0.5, 0.6) is 11.6 Å². The van der Waals surface area contributed by atoms with E-state index < -0.39 is 0 Å². The smallest absolute Gasteiger partial charge is 0.251 e. The Balaban J connectivity index is 1.55. The fourth-order valence-electron chi connectivity index (χ4n) is 4.59. The SMILES string of the molecule is CCc1cc(C(=O)NC)ccc1Nc1nc(OC2CCCC2)c2c(-c3ccc(O)cc3)c[nH]c2n1. The summed E-state index contributed by atoms with van der Waals surface area (Å²) in [7, 11) is 1.62. The molecule has 1 aliphatic rings. The van der Waals surface area contributed by atoms with Crippen molar-refractivity contribution in [3.8, 4) is 22.8 Å². The van der Waals surface area contributed by atoms with Crippen LogP contribution in [0.2, 0.25) is 0 Å². The van der Waals surface area contributed by atoms with E-state index in [1.165, 1.54) is 0 Å². The maximum atomic E-state index is 12.1. The third kappa shape index (κ3) is 4.64. The normalized spacial score (nSPS) is 13.8. The minimum absolute atomic E-state index is 0.121. The Labute approximate surface area is 203 Å². The molecule has 2 aromatic carbocycles. The van der Waals surface area contributed by atoms with Crippen LogP contribution >= 0.6 is 0 Å². The average Bonchev–Trinajstić information content (AvgIpc) is 3.54. The molecule has 1 amide bonds. The van der Waals surface area contributed by atoms with E-state index in [2.05, 4.69) is 15.6 Å². The van der Waals surface area contributed by atoms with E-state index in [0.717, 1.165) is 59.9 Å². The van der Waals surface area contributed by atoms with Gasteiger partial charge in [-0.05, 0) is 73.6 Å². The van der Waals surface area contributed by atoms with Crippen molar-refractivity contribution in [3.05, 3.63) is 59.8 Å². The maximum Gasteiger partial charge on any atom is 0.251 e. The summed E-state index contributed by atoms with van der Waals surface area (Å²) in [6, 6.07) is 12.6. The van der Waals surface area contributed by atoms with E-state index in [9.17, 15) is 9.90 Å². The van der Waals surface area contributed by atoms with Gasteiger partial charge in [0, 0.05) is 30.1 Å². The number of fused-ring (bicyclic) bond motifs is 1. The van der Waals surface area contributed by atoms with Gasteiger partial charge in [0.2, 0.25) is 11.8 Å². The molecule has 1 fully saturated rings. The van der Waals surface area contributed by atoms with E-state index in [1.54, 1.807) is 25.2 Å². The molecule has 5 rings (SSSR count). The first-order valence-electron chi connectivity index (χ1n) is 12.0. The molecule has 0 saturated heterocycles. The number of aryl methyl sites for hydroxylation is 1. The molecule has 1 saturated carbocycles. The van der Waals surface area contributed by atoms with Gasteiger partial charge < -0.3 is 25.5 Å². The van der Waals surface area contributed by atoms with Crippen molar-refractivity contribution < 1.29 is 14.6 Å². The topological polar surface area (TPSA) is 112 Å². The Morgan fingerprint density at radius 2 is 1.91 bits per heavy atom. The number of H-pyrrole nitrogens is 1. The second-order valence-corrected chi connectivity index (χ2v) is 8.78. The Morgan fingerprint density at radius 1 is 1.14 bits per heavy atom. The van der Waals surface area contributed by atoms with Crippen molar-refractivity contribution in [2.45, 2.75) is 45.1 Å². The third-order valence-corrected chi connectivity index (χ3v) is 6.48. The fourth-order valence-corrected chi connectivity index (χ4v) is 4.59. The summed E-state index contributed by atoms with van der Waals surface area (Å²) in [5, 5.41) is 16.5. The van der Waals surface area contributed by atoms with Crippen LogP contribution < -0.4 is 15.4 Å².